The molecule has 0 fully saturated rings. The molecule has 0 N–H and O–H groups in total. The molecule has 1 aromatic carbocycles. The molecule has 0 bridgehead atoms. The van der Waals surface area contributed by atoms with Gasteiger partial charge in [-0.25, -0.2) is 0 Å². The highest BCUT2D eigenvalue weighted by Gasteiger charge is 2.10. The first-order chi connectivity index (χ1) is 8.09. The van der Waals surface area contributed by atoms with Crippen molar-refractivity contribution in [2.75, 3.05) is 0 Å². The number of aromatic nitrogens is 2. The molecule has 0 atom stereocenters. The lowest BCUT2D eigenvalue weighted by Crippen LogP contribution is -1.95. The molecule has 0 spiro atoms. The summed E-state index contributed by atoms with van der Waals surface area (Å²) in [6, 6.07) is 7.66. The Kier molecular flexibility index (Phi) is 3.92. The first-order valence-corrected chi connectivity index (χ1v) is 6.58. The van der Waals surface area contributed by atoms with Gasteiger partial charge in [0.05, 0.1) is 5.02 Å². The zero-order chi connectivity index (χ0) is 12.4. The minimum Gasteiger partial charge on any atom is -0.142 e. The van der Waals surface area contributed by atoms with Crippen LogP contribution < -0.4 is 0 Å². The molecule has 2 aromatic rings. The molecule has 2 nitrogen and oxygen atoms in total. The van der Waals surface area contributed by atoms with Gasteiger partial charge in [0.25, 0.3) is 0 Å². The van der Waals surface area contributed by atoms with E-state index >= 15 is 0 Å². The Morgan fingerprint density at radius 3 is 2.41 bits per heavy atom. The summed E-state index contributed by atoms with van der Waals surface area (Å²) in [7, 11) is 0. The van der Waals surface area contributed by atoms with Gasteiger partial charge in [-0.2, -0.15) is 0 Å². The molecule has 1 heterocycles. The van der Waals surface area contributed by atoms with Crippen molar-refractivity contribution in [3.63, 3.8) is 0 Å². The van der Waals surface area contributed by atoms with E-state index < -0.39 is 0 Å². The highest BCUT2D eigenvalue weighted by molar-refractivity contribution is 7.99. The Bertz CT molecular complexity index is 558. The predicted octanol–water partition coefficient (Wildman–Crippen LogP) is 4.55. The van der Waals surface area contributed by atoms with Crippen LogP contribution in [0.15, 0.2) is 34.2 Å². The van der Waals surface area contributed by atoms with Gasteiger partial charge in [-0.15, -0.1) is 10.2 Å². The molecule has 5 heteroatoms. The second-order valence-electron chi connectivity index (χ2n) is 3.58. The molecule has 1 aromatic heterocycles. The van der Waals surface area contributed by atoms with Gasteiger partial charge in [-0.3, -0.25) is 0 Å². The first kappa shape index (κ1) is 12.7. The molecule has 0 unspecified atom stereocenters. The van der Waals surface area contributed by atoms with Crippen molar-refractivity contribution in [2.45, 2.75) is 23.8 Å². The van der Waals surface area contributed by atoms with Gasteiger partial charge < -0.3 is 0 Å². The molecule has 0 aliphatic carbocycles. The van der Waals surface area contributed by atoms with Crippen LogP contribution in [0.4, 0.5) is 0 Å². The molecular weight excluding hydrogens is 275 g/mol. The number of hydrogen-bond donors (Lipinski definition) is 0. The van der Waals surface area contributed by atoms with Crippen LogP contribution in [0, 0.1) is 13.8 Å². The number of hydrogen-bond acceptors (Lipinski definition) is 3. The number of benzene rings is 1. The molecule has 0 radical (unpaired) electrons. The molecule has 0 saturated carbocycles. The topological polar surface area (TPSA) is 25.8 Å². The fraction of sp³-hybridized carbons (Fsp3) is 0.167. The van der Waals surface area contributed by atoms with Crippen LogP contribution in [0.1, 0.15) is 11.1 Å². The third-order valence-corrected chi connectivity index (χ3v) is 4.42. The lowest BCUT2D eigenvalue weighted by atomic mass is 10.2. The van der Waals surface area contributed by atoms with Crippen molar-refractivity contribution in [3.05, 3.63) is 45.6 Å². The molecule has 0 aliphatic heterocycles. The summed E-state index contributed by atoms with van der Waals surface area (Å²) < 4.78 is 0. The van der Waals surface area contributed by atoms with Crippen molar-refractivity contribution in [1.29, 1.82) is 0 Å². The summed E-state index contributed by atoms with van der Waals surface area (Å²) in [5.41, 5.74) is 1.99. The maximum absolute atomic E-state index is 6.10. The van der Waals surface area contributed by atoms with Crippen molar-refractivity contribution in [3.8, 4) is 0 Å². The Morgan fingerprint density at radius 1 is 1.00 bits per heavy atom. The van der Waals surface area contributed by atoms with E-state index in [1.165, 1.54) is 11.8 Å². The summed E-state index contributed by atoms with van der Waals surface area (Å²) in [5, 5.41) is 10.0. The monoisotopic (exact) mass is 284 g/mol. The van der Waals surface area contributed by atoms with Crippen molar-refractivity contribution >= 4 is 35.0 Å². The largest absolute Gasteiger partial charge is 0.154 e. The molecule has 0 amide bonds. The van der Waals surface area contributed by atoms with E-state index in [4.69, 9.17) is 23.2 Å². The van der Waals surface area contributed by atoms with Crippen LogP contribution >= 0.6 is 35.0 Å². The third kappa shape index (κ3) is 2.73. The van der Waals surface area contributed by atoms with Gasteiger partial charge in [0, 0.05) is 4.90 Å². The predicted molar refractivity (Wildman–Crippen MR) is 72.1 cm³/mol. The maximum Gasteiger partial charge on any atom is 0.154 e. The molecule has 0 saturated heterocycles. The van der Waals surface area contributed by atoms with Crippen molar-refractivity contribution in [1.82, 2.24) is 10.2 Å². The summed E-state index contributed by atoms with van der Waals surface area (Å²) in [6.45, 7) is 3.91. The zero-order valence-corrected chi connectivity index (χ0v) is 11.7. The molecular formula is C12H10Cl2N2S. The second kappa shape index (κ2) is 5.25. The minimum atomic E-state index is 0.450. The fourth-order valence-corrected chi connectivity index (χ4v) is 2.62. The summed E-state index contributed by atoms with van der Waals surface area (Å²) in [4.78, 5) is 0.966. The zero-order valence-electron chi connectivity index (χ0n) is 9.37. The molecule has 17 heavy (non-hydrogen) atoms. The Balaban J connectivity index is 2.38. The summed E-state index contributed by atoms with van der Waals surface area (Å²) in [6.07, 6.45) is 0. The Labute approximate surface area is 114 Å². The summed E-state index contributed by atoms with van der Waals surface area (Å²) >= 11 is 13.5. The van der Waals surface area contributed by atoms with Crippen LogP contribution in [-0.4, -0.2) is 10.2 Å². The second-order valence-corrected chi connectivity index (χ2v) is 5.37. The van der Waals surface area contributed by atoms with E-state index in [0.717, 1.165) is 21.0 Å². The van der Waals surface area contributed by atoms with Gasteiger partial charge >= 0.3 is 0 Å². The van der Waals surface area contributed by atoms with E-state index in [2.05, 4.69) is 10.2 Å². The standard InChI is InChI=1S/C12H10Cl2N2S/c1-7-8(2)12(16-15-11(7)14)17-10-6-4-3-5-9(10)13/h3-6H,1-2H3. The fourth-order valence-electron chi connectivity index (χ4n) is 1.28. The lowest BCUT2D eigenvalue weighted by molar-refractivity contribution is 0.891. The normalized spacial score (nSPS) is 10.6. The van der Waals surface area contributed by atoms with Gasteiger partial charge in [0.2, 0.25) is 0 Å². The van der Waals surface area contributed by atoms with Crippen LogP contribution in [0.3, 0.4) is 0 Å². The quantitative estimate of drug-likeness (QED) is 0.809. The smallest absolute Gasteiger partial charge is 0.142 e. The summed E-state index contributed by atoms with van der Waals surface area (Å²) in [5.74, 6) is 0. The Hall–Kier alpha value is -0.770. The average Bonchev–Trinajstić information content (AvgIpc) is 2.32. The minimum absolute atomic E-state index is 0.450. The van der Waals surface area contributed by atoms with Gasteiger partial charge in [0.15, 0.2) is 5.15 Å². The molecule has 2 rings (SSSR count). The lowest BCUT2D eigenvalue weighted by Gasteiger charge is -2.08. The van der Waals surface area contributed by atoms with Gasteiger partial charge in [0.1, 0.15) is 5.03 Å². The van der Waals surface area contributed by atoms with Crippen LogP contribution in [0.25, 0.3) is 0 Å². The van der Waals surface area contributed by atoms with Crippen LogP contribution in [-0.2, 0) is 0 Å². The van der Waals surface area contributed by atoms with Crippen molar-refractivity contribution in [2.24, 2.45) is 0 Å². The average molecular weight is 285 g/mol. The highest BCUT2D eigenvalue weighted by Crippen LogP contribution is 2.34. The first-order valence-electron chi connectivity index (χ1n) is 5.01. The van der Waals surface area contributed by atoms with Crippen LogP contribution in [0.5, 0.6) is 0 Å². The van der Waals surface area contributed by atoms with Gasteiger partial charge in [-0.05, 0) is 37.1 Å². The highest BCUT2D eigenvalue weighted by atomic mass is 35.5. The third-order valence-electron chi connectivity index (χ3n) is 2.46. The van der Waals surface area contributed by atoms with Gasteiger partial charge in [-0.1, -0.05) is 47.1 Å². The Morgan fingerprint density at radius 2 is 1.71 bits per heavy atom. The SMILES string of the molecule is Cc1c(Cl)nnc(Sc2ccccc2Cl)c1C. The van der Waals surface area contributed by atoms with E-state index in [-0.39, 0.29) is 0 Å². The van der Waals surface area contributed by atoms with E-state index in [1.807, 2.05) is 38.1 Å². The van der Waals surface area contributed by atoms with E-state index in [1.54, 1.807) is 0 Å². The molecule has 0 aliphatic rings. The van der Waals surface area contributed by atoms with E-state index in [9.17, 15) is 0 Å². The number of nitrogens with zero attached hydrogens (tertiary/aromatic N) is 2. The van der Waals surface area contributed by atoms with Crippen LogP contribution in [0.2, 0.25) is 10.2 Å². The number of rotatable bonds is 2. The molecule has 88 valence electrons. The van der Waals surface area contributed by atoms with Crippen molar-refractivity contribution < 1.29 is 0 Å². The maximum atomic E-state index is 6.10. The number of halogens is 2. The van der Waals surface area contributed by atoms with E-state index in [0.29, 0.717) is 10.2 Å².